The van der Waals surface area contributed by atoms with Gasteiger partial charge in [0.2, 0.25) is 0 Å². The molecule has 0 bridgehead atoms. The summed E-state index contributed by atoms with van der Waals surface area (Å²) < 4.78 is 0. The molecule has 1 aromatic carbocycles. The molecule has 1 aromatic rings. The molecule has 0 atom stereocenters. The van der Waals surface area contributed by atoms with Crippen molar-refractivity contribution in [3.05, 3.63) is 29.8 Å². The van der Waals surface area contributed by atoms with E-state index in [1.54, 1.807) is 7.05 Å². The van der Waals surface area contributed by atoms with Crippen molar-refractivity contribution < 1.29 is 0 Å². The zero-order valence-corrected chi connectivity index (χ0v) is 8.33. The Morgan fingerprint density at radius 2 is 2.21 bits per heavy atom. The van der Waals surface area contributed by atoms with Gasteiger partial charge in [-0.2, -0.15) is 0 Å². The molecular formula is C10H14N4. The van der Waals surface area contributed by atoms with Crippen LogP contribution in [0.15, 0.2) is 24.3 Å². The van der Waals surface area contributed by atoms with E-state index < -0.39 is 0 Å². The summed E-state index contributed by atoms with van der Waals surface area (Å²) in [4.78, 5) is 1.45. The highest BCUT2D eigenvalue weighted by Crippen LogP contribution is 2.10. The normalized spacial score (nSPS) is 9.29. The first-order valence-corrected chi connectivity index (χ1v) is 4.29. The van der Waals surface area contributed by atoms with Crippen LogP contribution in [0.5, 0.6) is 0 Å². The van der Waals surface area contributed by atoms with E-state index in [1.165, 1.54) is 4.90 Å². The molecule has 0 spiro atoms. The van der Waals surface area contributed by atoms with Gasteiger partial charge in [0, 0.05) is 25.3 Å². The third-order valence-electron chi connectivity index (χ3n) is 1.97. The summed E-state index contributed by atoms with van der Waals surface area (Å²) in [5, 5.41) is 17.8. The van der Waals surface area contributed by atoms with E-state index in [1.807, 2.05) is 31.3 Å². The molecule has 14 heavy (non-hydrogen) atoms. The quantitative estimate of drug-likeness (QED) is 0.500. The Balaban J connectivity index is 2.95. The van der Waals surface area contributed by atoms with Crippen LogP contribution < -0.4 is 5.32 Å². The molecule has 0 unspecified atom stereocenters. The first-order valence-electron chi connectivity index (χ1n) is 4.29. The molecule has 3 N–H and O–H groups in total. The molecule has 0 aliphatic heterocycles. The lowest BCUT2D eigenvalue weighted by Gasteiger charge is -2.14. The van der Waals surface area contributed by atoms with Crippen molar-refractivity contribution in [1.29, 1.82) is 10.8 Å². The van der Waals surface area contributed by atoms with Gasteiger partial charge >= 0.3 is 0 Å². The molecule has 4 heteroatoms. The highest BCUT2D eigenvalue weighted by atomic mass is 15.1. The van der Waals surface area contributed by atoms with Crippen molar-refractivity contribution in [3.63, 3.8) is 0 Å². The zero-order valence-electron chi connectivity index (χ0n) is 8.33. The van der Waals surface area contributed by atoms with Crippen LogP contribution in [0.1, 0.15) is 5.56 Å². The number of hydrogen-bond donors (Lipinski definition) is 3. The van der Waals surface area contributed by atoms with Crippen LogP contribution in [0.25, 0.3) is 0 Å². The second-order valence-electron chi connectivity index (χ2n) is 2.92. The van der Waals surface area contributed by atoms with Crippen molar-refractivity contribution in [1.82, 2.24) is 4.90 Å². The molecule has 0 fully saturated rings. The minimum Gasteiger partial charge on any atom is -0.388 e. The first-order chi connectivity index (χ1) is 6.69. The van der Waals surface area contributed by atoms with Gasteiger partial charge in [-0.3, -0.25) is 10.8 Å². The molecule has 0 aliphatic rings. The number of rotatable bonds is 3. The summed E-state index contributed by atoms with van der Waals surface area (Å²) in [6, 6.07) is 7.54. The van der Waals surface area contributed by atoms with Gasteiger partial charge in [-0.25, -0.2) is 0 Å². The average molecular weight is 190 g/mol. The second-order valence-corrected chi connectivity index (χ2v) is 2.92. The highest BCUT2D eigenvalue weighted by Gasteiger charge is 2.04. The molecular weight excluding hydrogens is 176 g/mol. The minimum atomic E-state index is 0.317. The van der Waals surface area contributed by atoms with Gasteiger partial charge in [0.1, 0.15) is 5.84 Å². The van der Waals surface area contributed by atoms with E-state index >= 15 is 0 Å². The maximum atomic E-state index is 7.75. The van der Waals surface area contributed by atoms with Crippen LogP contribution in [-0.4, -0.2) is 31.2 Å². The molecule has 0 aliphatic carbocycles. The largest absolute Gasteiger partial charge is 0.388 e. The topological polar surface area (TPSA) is 63.0 Å². The maximum absolute atomic E-state index is 7.75. The Bertz CT molecular complexity index is 346. The number of amidine groups is 1. The predicted octanol–water partition coefficient (Wildman–Crippen LogP) is 1.59. The van der Waals surface area contributed by atoms with Gasteiger partial charge in [0.15, 0.2) is 0 Å². The lowest BCUT2D eigenvalue weighted by molar-refractivity contribution is 0.764. The molecule has 0 aromatic heterocycles. The summed E-state index contributed by atoms with van der Waals surface area (Å²) in [6.07, 6.45) is 1.12. The van der Waals surface area contributed by atoms with Gasteiger partial charge in [-0.05, 0) is 12.1 Å². The van der Waals surface area contributed by atoms with Gasteiger partial charge in [0.25, 0.3) is 0 Å². The van der Waals surface area contributed by atoms with Crippen molar-refractivity contribution in [2.45, 2.75) is 0 Å². The second kappa shape index (κ2) is 4.41. The lowest BCUT2D eigenvalue weighted by Crippen LogP contribution is -2.24. The van der Waals surface area contributed by atoms with Crippen molar-refractivity contribution in [2.75, 3.05) is 19.4 Å². The Kier molecular flexibility index (Phi) is 3.23. The van der Waals surface area contributed by atoms with E-state index in [2.05, 4.69) is 5.32 Å². The summed E-state index contributed by atoms with van der Waals surface area (Å²) in [7, 11) is 3.52. The Morgan fingerprint density at radius 1 is 1.50 bits per heavy atom. The van der Waals surface area contributed by atoms with E-state index in [0.29, 0.717) is 5.84 Å². The minimum absolute atomic E-state index is 0.317. The van der Waals surface area contributed by atoms with Gasteiger partial charge in [-0.15, -0.1) is 0 Å². The molecule has 74 valence electrons. The fourth-order valence-electron chi connectivity index (χ4n) is 1.09. The third-order valence-corrected chi connectivity index (χ3v) is 1.97. The number of benzene rings is 1. The van der Waals surface area contributed by atoms with Gasteiger partial charge in [0.05, 0.1) is 6.34 Å². The van der Waals surface area contributed by atoms with Crippen molar-refractivity contribution in [3.8, 4) is 0 Å². The van der Waals surface area contributed by atoms with Crippen LogP contribution in [0, 0.1) is 10.8 Å². The standard InChI is InChI=1S/C10H14N4/c1-13-9-5-3-4-8(6-9)10(12)14(2)7-11/h3-7,11-13H,1-2H3. The summed E-state index contributed by atoms with van der Waals surface area (Å²) >= 11 is 0. The summed E-state index contributed by atoms with van der Waals surface area (Å²) in [5.74, 6) is 0.317. The number of nitrogens with zero attached hydrogens (tertiary/aromatic N) is 1. The monoisotopic (exact) mass is 190 g/mol. The molecule has 4 nitrogen and oxygen atoms in total. The van der Waals surface area contributed by atoms with Gasteiger partial charge < -0.3 is 10.2 Å². The lowest BCUT2D eigenvalue weighted by atomic mass is 10.2. The summed E-state index contributed by atoms with van der Waals surface area (Å²) in [6.45, 7) is 0. The zero-order chi connectivity index (χ0) is 10.6. The Morgan fingerprint density at radius 3 is 2.79 bits per heavy atom. The van der Waals surface area contributed by atoms with E-state index in [-0.39, 0.29) is 0 Å². The fraction of sp³-hybridized carbons (Fsp3) is 0.200. The average Bonchev–Trinajstić information content (AvgIpc) is 2.27. The van der Waals surface area contributed by atoms with Crippen LogP contribution >= 0.6 is 0 Å². The Hall–Kier alpha value is -1.84. The molecule has 0 amide bonds. The molecule has 0 saturated heterocycles. The molecule has 0 radical (unpaired) electrons. The van der Waals surface area contributed by atoms with Crippen molar-refractivity contribution in [2.24, 2.45) is 0 Å². The first kappa shape index (κ1) is 10.2. The number of nitrogens with one attached hydrogen (secondary N) is 3. The maximum Gasteiger partial charge on any atom is 0.133 e. The smallest absolute Gasteiger partial charge is 0.133 e. The van der Waals surface area contributed by atoms with Gasteiger partial charge in [-0.1, -0.05) is 12.1 Å². The highest BCUT2D eigenvalue weighted by molar-refractivity contribution is 6.02. The van der Waals surface area contributed by atoms with E-state index in [9.17, 15) is 0 Å². The number of hydrogen-bond acceptors (Lipinski definition) is 3. The predicted molar refractivity (Wildman–Crippen MR) is 59.4 cm³/mol. The number of anilines is 1. The van der Waals surface area contributed by atoms with Crippen LogP contribution in [0.2, 0.25) is 0 Å². The van der Waals surface area contributed by atoms with Crippen LogP contribution in [-0.2, 0) is 0 Å². The summed E-state index contributed by atoms with van der Waals surface area (Å²) in [5.41, 5.74) is 1.76. The van der Waals surface area contributed by atoms with E-state index in [4.69, 9.17) is 10.8 Å². The van der Waals surface area contributed by atoms with Crippen LogP contribution in [0.3, 0.4) is 0 Å². The van der Waals surface area contributed by atoms with E-state index in [0.717, 1.165) is 17.6 Å². The SMILES string of the molecule is CNc1cccc(C(=N)N(C)C=N)c1. The van der Waals surface area contributed by atoms with Crippen molar-refractivity contribution >= 4 is 17.9 Å². The molecule has 1 rings (SSSR count). The third kappa shape index (κ3) is 2.10. The Labute approximate surface area is 83.6 Å². The van der Waals surface area contributed by atoms with Crippen LogP contribution in [0.4, 0.5) is 5.69 Å². The molecule has 0 heterocycles. The fourth-order valence-corrected chi connectivity index (χ4v) is 1.09. The molecule has 0 saturated carbocycles.